The van der Waals surface area contributed by atoms with Crippen molar-refractivity contribution >= 4 is 6.04 Å². The van der Waals surface area contributed by atoms with Gasteiger partial charge in [0, 0.05) is 6.08 Å². The van der Waals surface area contributed by atoms with Crippen LogP contribution in [0, 0.1) is 0 Å². The summed E-state index contributed by atoms with van der Waals surface area (Å²) in [5, 5.41) is 0. The smallest absolute Gasteiger partial charge is 1.00 e. The average Bonchev–Trinajstić information content (AvgIpc) is 1.38. The van der Waals surface area contributed by atoms with Crippen molar-refractivity contribution in [2.24, 2.45) is 0 Å². The molecular formula is C3H4FNaO. The van der Waals surface area contributed by atoms with Crippen molar-refractivity contribution in [1.82, 2.24) is 0 Å². The van der Waals surface area contributed by atoms with E-state index in [4.69, 9.17) is 4.79 Å². The van der Waals surface area contributed by atoms with Gasteiger partial charge in [0.25, 0.3) is 0 Å². The van der Waals surface area contributed by atoms with E-state index in [1.807, 2.05) is 0 Å². The summed E-state index contributed by atoms with van der Waals surface area (Å²) in [6, 6.07) is -1.48. The number of halogens is 1. The summed E-state index contributed by atoms with van der Waals surface area (Å²) in [4.78, 5) is 9.03. The third kappa shape index (κ3) is 8.84. The fraction of sp³-hybridized carbons (Fsp3) is 0. The topological polar surface area (TPSA) is 17.1 Å². The first-order valence-corrected chi connectivity index (χ1v) is 1.09. The molecule has 0 saturated carbocycles. The molecule has 0 aliphatic carbocycles. The second kappa shape index (κ2) is 5.34. The van der Waals surface area contributed by atoms with Gasteiger partial charge in [-0.15, -0.1) is 0 Å². The molecule has 30 valence electrons. The molecule has 0 rings (SSSR count). The van der Waals surface area contributed by atoms with Gasteiger partial charge in [0.05, 0.1) is 0 Å². The van der Waals surface area contributed by atoms with Crippen LogP contribution in [0.2, 0.25) is 0 Å². The van der Waals surface area contributed by atoms with E-state index in [1.54, 1.807) is 0 Å². The summed E-state index contributed by atoms with van der Waals surface area (Å²) < 4.78 is 10.7. The number of carbonyl (C=O) groups is 1. The Bertz CT molecular complexity index is 66.0. The van der Waals surface area contributed by atoms with Crippen LogP contribution >= 0.6 is 0 Å². The van der Waals surface area contributed by atoms with E-state index in [-0.39, 0.29) is 31.0 Å². The molecule has 0 N–H and O–H groups in total. The SMILES string of the molecule is C=CC(=O)F.[H-].[Na+]. The van der Waals surface area contributed by atoms with E-state index >= 15 is 0 Å². The minimum atomic E-state index is -1.48. The molecule has 0 fully saturated rings. The molecule has 0 aliphatic heterocycles. The van der Waals surface area contributed by atoms with Gasteiger partial charge in [-0.05, 0) is 0 Å². The quantitative estimate of drug-likeness (QED) is 0.206. The molecule has 6 heavy (non-hydrogen) atoms. The van der Waals surface area contributed by atoms with E-state index in [9.17, 15) is 4.39 Å². The Morgan fingerprint density at radius 1 is 2.00 bits per heavy atom. The standard InChI is InChI=1S/C3H3FO.Na.H/c1-2-3(4)5;;/h2H,1H2;;/q;+1;-1. The Hall–Kier alpha value is 0.340. The van der Waals surface area contributed by atoms with E-state index in [1.165, 1.54) is 0 Å². The van der Waals surface area contributed by atoms with Crippen LogP contribution in [0.4, 0.5) is 4.39 Å². The predicted molar refractivity (Wildman–Crippen MR) is 17.4 cm³/mol. The van der Waals surface area contributed by atoms with Gasteiger partial charge in [-0.2, -0.15) is 4.39 Å². The minimum Gasteiger partial charge on any atom is -1.00 e. The monoisotopic (exact) mass is 98.0 g/mol. The molecular weight excluding hydrogens is 94.0 g/mol. The van der Waals surface area contributed by atoms with Crippen molar-refractivity contribution < 1.29 is 40.2 Å². The number of rotatable bonds is 1. The maximum absolute atomic E-state index is 10.7. The van der Waals surface area contributed by atoms with Crippen LogP contribution in [-0.4, -0.2) is 6.04 Å². The number of hydrogen-bond acceptors (Lipinski definition) is 1. The molecule has 3 heteroatoms. The molecule has 0 unspecified atom stereocenters. The van der Waals surface area contributed by atoms with Crippen molar-refractivity contribution in [1.29, 1.82) is 0 Å². The summed E-state index contributed by atoms with van der Waals surface area (Å²) in [6.45, 7) is 2.84. The third-order valence-corrected chi connectivity index (χ3v) is 0.160. The Kier molecular flexibility index (Phi) is 8.54. The molecule has 0 atom stereocenters. The van der Waals surface area contributed by atoms with Crippen molar-refractivity contribution in [3.8, 4) is 0 Å². The van der Waals surface area contributed by atoms with Crippen LogP contribution in [0.5, 0.6) is 0 Å². The first-order chi connectivity index (χ1) is 2.27. The van der Waals surface area contributed by atoms with Crippen LogP contribution < -0.4 is 29.6 Å². The summed E-state index contributed by atoms with van der Waals surface area (Å²) in [7, 11) is 0. The Morgan fingerprint density at radius 2 is 2.17 bits per heavy atom. The second-order valence-electron chi connectivity index (χ2n) is 0.508. The van der Waals surface area contributed by atoms with Gasteiger partial charge in [-0.1, -0.05) is 6.58 Å². The first-order valence-electron chi connectivity index (χ1n) is 1.09. The van der Waals surface area contributed by atoms with Crippen molar-refractivity contribution in [3.63, 3.8) is 0 Å². The molecule has 0 radical (unpaired) electrons. The van der Waals surface area contributed by atoms with Crippen LogP contribution in [0.3, 0.4) is 0 Å². The largest absolute Gasteiger partial charge is 1.00 e. The van der Waals surface area contributed by atoms with Gasteiger partial charge in [0.1, 0.15) is 0 Å². The molecule has 0 spiro atoms. The van der Waals surface area contributed by atoms with Gasteiger partial charge < -0.3 is 1.43 Å². The van der Waals surface area contributed by atoms with Crippen LogP contribution in [0.15, 0.2) is 12.7 Å². The van der Waals surface area contributed by atoms with Crippen molar-refractivity contribution in [2.45, 2.75) is 0 Å². The zero-order valence-electron chi connectivity index (χ0n) is 4.57. The molecule has 0 aliphatic rings. The molecule has 0 aromatic carbocycles. The Balaban J connectivity index is -0.0000000800. The second-order valence-corrected chi connectivity index (χ2v) is 0.508. The van der Waals surface area contributed by atoms with Crippen molar-refractivity contribution in [3.05, 3.63) is 12.7 Å². The molecule has 0 amide bonds. The fourth-order valence-electron chi connectivity index (χ4n) is 0. The zero-order chi connectivity index (χ0) is 4.28. The van der Waals surface area contributed by atoms with Gasteiger partial charge in [0.2, 0.25) is 0 Å². The molecule has 0 aromatic rings. The summed E-state index contributed by atoms with van der Waals surface area (Å²) in [5.74, 6) is 0. The van der Waals surface area contributed by atoms with E-state index in [2.05, 4.69) is 6.58 Å². The van der Waals surface area contributed by atoms with Crippen molar-refractivity contribution in [2.75, 3.05) is 0 Å². The molecule has 0 heterocycles. The Morgan fingerprint density at radius 3 is 2.17 bits per heavy atom. The number of hydrogen-bond donors (Lipinski definition) is 0. The maximum atomic E-state index is 10.7. The summed E-state index contributed by atoms with van der Waals surface area (Å²) in [5.41, 5.74) is 0. The third-order valence-electron chi connectivity index (χ3n) is 0.160. The number of carbonyl (C=O) groups excluding carboxylic acids is 1. The van der Waals surface area contributed by atoms with Gasteiger partial charge in [-0.25, -0.2) is 0 Å². The maximum Gasteiger partial charge on any atom is 1.00 e. The van der Waals surface area contributed by atoms with Gasteiger partial charge >= 0.3 is 35.6 Å². The predicted octanol–water partition coefficient (Wildman–Crippen LogP) is -2.21. The van der Waals surface area contributed by atoms with E-state index in [0.717, 1.165) is 0 Å². The normalized spacial score (nSPS) is 5.50. The summed E-state index contributed by atoms with van der Waals surface area (Å²) in [6.07, 6.45) is 0.611. The molecule has 0 saturated heterocycles. The summed E-state index contributed by atoms with van der Waals surface area (Å²) >= 11 is 0. The van der Waals surface area contributed by atoms with E-state index in [0.29, 0.717) is 6.08 Å². The number of allylic oxidation sites excluding steroid dienone is 1. The molecule has 1 nitrogen and oxygen atoms in total. The first kappa shape index (κ1) is 9.60. The fourth-order valence-corrected chi connectivity index (χ4v) is 0. The van der Waals surface area contributed by atoms with Crippen LogP contribution in [0.1, 0.15) is 1.43 Å². The Labute approximate surface area is 59.0 Å². The van der Waals surface area contributed by atoms with E-state index < -0.39 is 6.04 Å². The van der Waals surface area contributed by atoms with Crippen LogP contribution in [0.25, 0.3) is 0 Å². The van der Waals surface area contributed by atoms with Crippen LogP contribution in [-0.2, 0) is 4.79 Å². The van der Waals surface area contributed by atoms with Gasteiger partial charge in [0.15, 0.2) is 0 Å². The molecule has 0 aromatic heterocycles. The minimum absolute atomic E-state index is 0. The average molecular weight is 98.1 g/mol. The zero-order valence-corrected chi connectivity index (χ0v) is 5.57. The van der Waals surface area contributed by atoms with Gasteiger partial charge in [-0.3, -0.25) is 4.79 Å². The molecule has 0 bridgehead atoms.